The fourth-order valence-electron chi connectivity index (χ4n) is 3.81. The standard InChI is InChI=1S/C24H23F3N4OS/c1-2-3-18(14-4-7-17(8-5-14)24(25,26)27)19(28)12-29-23-30-13-21(33-23)15-6-9-20-16(10-15)11-22(32)31-20/h2-10,13,18-19H,11-12,28H2,1H3,(H,29,30)(H,31,32)/b3-2+/t18?,19-/m1/s1. The van der Waals surface area contributed by atoms with Crippen LogP contribution >= 0.6 is 11.3 Å². The second-order valence-corrected chi connectivity index (χ2v) is 8.87. The molecule has 0 saturated heterocycles. The number of anilines is 2. The van der Waals surface area contributed by atoms with Crippen molar-refractivity contribution in [3.05, 3.63) is 77.5 Å². The molecule has 172 valence electrons. The summed E-state index contributed by atoms with van der Waals surface area (Å²) in [5.74, 6) is -0.252. The molecule has 1 amide bonds. The Kier molecular flexibility index (Phi) is 6.53. The maximum atomic E-state index is 12.9. The summed E-state index contributed by atoms with van der Waals surface area (Å²) in [6.45, 7) is 2.25. The fourth-order valence-corrected chi connectivity index (χ4v) is 4.63. The number of allylic oxidation sites excluding steroid dienone is 1. The molecular formula is C24H23F3N4OS. The molecule has 0 aliphatic carbocycles. The van der Waals surface area contributed by atoms with E-state index in [1.165, 1.54) is 23.5 Å². The first-order valence-electron chi connectivity index (χ1n) is 10.4. The van der Waals surface area contributed by atoms with Crippen LogP contribution < -0.4 is 16.4 Å². The molecule has 1 aromatic heterocycles. The van der Waals surface area contributed by atoms with Gasteiger partial charge in [-0.15, -0.1) is 0 Å². The zero-order valence-electron chi connectivity index (χ0n) is 17.8. The van der Waals surface area contributed by atoms with Gasteiger partial charge in [-0.1, -0.05) is 41.7 Å². The predicted octanol–water partition coefficient (Wildman–Crippen LogP) is 5.42. The Bertz CT molecular complexity index is 1170. The Balaban J connectivity index is 1.42. The summed E-state index contributed by atoms with van der Waals surface area (Å²) < 4.78 is 38.6. The third kappa shape index (κ3) is 5.26. The van der Waals surface area contributed by atoms with Crippen LogP contribution in [0.5, 0.6) is 0 Å². The van der Waals surface area contributed by atoms with Gasteiger partial charge in [-0.25, -0.2) is 4.98 Å². The average Bonchev–Trinajstić information content (AvgIpc) is 3.40. The zero-order valence-corrected chi connectivity index (χ0v) is 18.6. The molecule has 0 saturated carbocycles. The second kappa shape index (κ2) is 9.36. The smallest absolute Gasteiger partial charge is 0.360 e. The number of benzene rings is 2. The summed E-state index contributed by atoms with van der Waals surface area (Å²) in [6.07, 6.45) is 1.51. The lowest BCUT2D eigenvalue weighted by Gasteiger charge is -2.22. The first kappa shape index (κ1) is 23.0. The van der Waals surface area contributed by atoms with E-state index in [0.29, 0.717) is 18.1 Å². The summed E-state index contributed by atoms with van der Waals surface area (Å²) in [5, 5.41) is 6.76. The number of nitrogens with two attached hydrogens (primary N) is 1. The van der Waals surface area contributed by atoms with Crippen molar-refractivity contribution in [3.63, 3.8) is 0 Å². The quantitative estimate of drug-likeness (QED) is 0.401. The van der Waals surface area contributed by atoms with E-state index in [0.717, 1.165) is 39.4 Å². The highest BCUT2D eigenvalue weighted by atomic mass is 32.1. The highest BCUT2D eigenvalue weighted by Gasteiger charge is 2.30. The van der Waals surface area contributed by atoms with Gasteiger partial charge in [0.2, 0.25) is 5.91 Å². The summed E-state index contributed by atoms with van der Waals surface area (Å²) >= 11 is 1.47. The number of nitrogens with zero attached hydrogens (tertiary/aromatic N) is 1. The number of nitrogens with one attached hydrogen (secondary N) is 2. The van der Waals surface area contributed by atoms with Gasteiger partial charge < -0.3 is 16.4 Å². The molecular weight excluding hydrogens is 449 g/mol. The Morgan fingerprint density at radius 3 is 2.70 bits per heavy atom. The Hall–Kier alpha value is -3.17. The van der Waals surface area contributed by atoms with E-state index >= 15 is 0 Å². The van der Waals surface area contributed by atoms with Gasteiger partial charge in [0.25, 0.3) is 0 Å². The maximum Gasteiger partial charge on any atom is 0.416 e. The van der Waals surface area contributed by atoms with Crippen LogP contribution in [-0.2, 0) is 17.4 Å². The van der Waals surface area contributed by atoms with Crippen LogP contribution in [0.3, 0.4) is 0 Å². The van der Waals surface area contributed by atoms with Crippen molar-refractivity contribution in [2.24, 2.45) is 5.73 Å². The van der Waals surface area contributed by atoms with Crippen LogP contribution in [0.1, 0.15) is 29.5 Å². The molecule has 0 spiro atoms. The molecule has 1 aliphatic rings. The number of hydrogen-bond donors (Lipinski definition) is 3. The van der Waals surface area contributed by atoms with Crippen molar-refractivity contribution in [2.45, 2.75) is 31.5 Å². The minimum absolute atomic E-state index is 0.00785. The van der Waals surface area contributed by atoms with E-state index in [1.807, 2.05) is 37.3 Å². The van der Waals surface area contributed by atoms with Crippen molar-refractivity contribution >= 4 is 28.1 Å². The normalized spacial score (nSPS) is 15.4. The van der Waals surface area contributed by atoms with E-state index in [9.17, 15) is 18.0 Å². The maximum absolute atomic E-state index is 12.9. The van der Waals surface area contributed by atoms with Gasteiger partial charge in [0.15, 0.2) is 5.13 Å². The first-order chi connectivity index (χ1) is 15.7. The second-order valence-electron chi connectivity index (χ2n) is 7.84. The SMILES string of the molecule is C/C=C/C(c1ccc(C(F)(F)F)cc1)[C@H](N)CNc1ncc(-c2ccc3c(c2)CC(=O)N3)s1. The van der Waals surface area contributed by atoms with E-state index in [2.05, 4.69) is 15.6 Å². The van der Waals surface area contributed by atoms with Gasteiger partial charge >= 0.3 is 6.18 Å². The van der Waals surface area contributed by atoms with Crippen LogP contribution in [0.2, 0.25) is 0 Å². The lowest BCUT2D eigenvalue weighted by Crippen LogP contribution is -2.34. The number of rotatable bonds is 7. The van der Waals surface area contributed by atoms with Gasteiger partial charge in [-0.05, 0) is 47.9 Å². The van der Waals surface area contributed by atoms with Gasteiger partial charge in [-0.3, -0.25) is 4.79 Å². The molecule has 33 heavy (non-hydrogen) atoms. The van der Waals surface area contributed by atoms with Crippen molar-refractivity contribution in [2.75, 3.05) is 17.2 Å². The minimum atomic E-state index is -4.37. The number of carbonyl (C=O) groups is 1. The van der Waals surface area contributed by atoms with E-state index in [-0.39, 0.29) is 17.9 Å². The molecule has 3 aromatic rings. The fraction of sp³-hybridized carbons (Fsp3) is 0.250. The summed E-state index contributed by atoms with van der Waals surface area (Å²) in [5.41, 5.74) is 9.23. The highest BCUT2D eigenvalue weighted by Crippen LogP contribution is 2.34. The number of fused-ring (bicyclic) bond motifs is 1. The number of thiazole rings is 1. The van der Waals surface area contributed by atoms with Gasteiger partial charge in [0, 0.05) is 30.4 Å². The third-order valence-electron chi connectivity index (χ3n) is 5.49. The molecule has 9 heteroatoms. The van der Waals surface area contributed by atoms with Crippen LogP contribution in [0.4, 0.5) is 24.0 Å². The third-order valence-corrected chi connectivity index (χ3v) is 6.50. The van der Waals surface area contributed by atoms with Crippen molar-refractivity contribution in [1.29, 1.82) is 0 Å². The summed E-state index contributed by atoms with van der Waals surface area (Å²) in [7, 11) is 0. The summed E-state index contributed by atoms with van der Waals surface area (Å²) in [4.78, 5) is 16.9. The van der Waals surface area contributed by atoms with Crippen molar-refractivity contribution < 1.29 is 18.0 Å². The number of alkyl halides is 3. The molecule has 4 rings (SSSR count). The lowest BCUT2D eigenvalue weighted by atomic mass is 9.90. The largest absolute Gasteiger partial charge is 0.416 e. The van der Waals surface area contributed by atoms with Gasteiger partial charge in [0.05, 0.1) is 16.9 Å². The molecule has 0 radical (unpaired) electrons. The number of aromatic nitrogens is 1. The molecule has 0 fully saturated rings. The van der Waals surface area contributed by atoms with Gasteiger partial charge in [-0.2, -0.15) is 13.2 Å². The van der Waals surface area contributed by atoms with Crippen LogP contribution in [-0.4, -0.2) is 23.5 Å². The Labute approximate surface area is 193 Å². The minimum Gasteiger partial charge on any atom is -0.360 e. The number of carbonyl (C=O) groups excluding carboxylic acids is 1. The zero-order chi connectivity index (χ0) is 23.6. The van der Waals surface area contributed by atoms with Crippen molar-refractivity contribution in [1.82, 2.24) is 4.98 Å². The van der Waals surface area contributed by atoms with E-state index < -0.39 is 11.7 Å². The van der Waals surface area contributed by atoms with Crippen molar-refractivity contribution in [3.8, 4) is 10.4 Å². The molecule has 0 bridgehead atoms. The first-order valence-corrected chi connectivity index (χ1v) is 11.2. The van der Waals surface area contributed by atoms with E-state index in [4.69, 9.17) is 5.73 Å². The van der Waals surface area contributed by atoms with Crippen LogP contribution in [0, 0.1) is 0 Å². The topological polar surface area (TPSA) is 80.0 Å². The monoisotopic (exact) mass is 472 g/mol. The van der Waals surface area contributed by atoms with Gasteiger partial charge in [0.1, 0.15) is 0 Å². The highest BCUT2D eigenvalue weighted by molar-refractivity contribution is 7.18. The van der Waals surface area contributed by atoms with Crippen LogP contribution in [0.25, 0.3) is 10.4 Å². The average molecular weight is 473 g/mol. The van der Waals surface area contributed by atoms with Crippen LogP contribution in [0.15, 0.2) is 60.8 Å². The molecule has 2 atom stereocenters. The lowest BCUT2D eigenvalue weighted by molar-refractivity contribution is -0.137. The summed E-state index contributed by atoms with van der Waals surface area (Å²) in [6, 6.07) is 10.6. The van der Waals surface area contributed by atoms with E-state index in [1.54, 1.807) is 6.20 Å². The molecule has 1 aliphatic heterocycles. The Morgan fingerprint density at radius 1 is 1.24 bits per heavy atom. The number of halogens is 3. The molecule has 1 unspecified atom stereocenters. The molecule has 5 nitrogen and oxygen atoms in total. The Morgan fingerprint density at radius 2 is 2.00 bits per heavy atom. The number of hydrogen-bond acceptors (Lipinski definition) is 5. The molecule has 4 N–H and O–H groups in total. The molecule has 2 aromatic carbocycles. The predicted molar refractivity (Wildman–Crippen MR) is 125 cm³/mol. The number of amides is 1. The molecule has 2 heterocycles.